The lowest BCUT2D eigenvalue weighted by atomic mass is 10.0. The number of phosphoric ester groups is 1. The standard InChI is InChI=1S/C42H78NO7P/c1-6-8-10-12-14-16-18-20-22-23-25-27-29-31-33-35-42(44)50-41(40-49-51(45,46)48-38-36-43(3,4)5)39-47-37-34-32-30-28-26-24-21-19-17-15-13-11-9-7-2/h8,10,14,16,20,22,25,27,41H,6-7,9,11-13,15,17-19,21,23-24,26,28-40H2,1-5H3/p+1/b10-8-,16-14-,22-20-,27-25-. The molecule has 0 heterocycles. The van der Waals surface area contributed by atoms with Crippen LogP contribution in [0.5, 0.6) is 0 Å². The van der Waals surface area contributed by atoms with E-state index in [0.717, 1.165) is 51.4 Å². The maximum Gasteiger partial charge on any atom is 0.472 e. The first-order valence-corrected chi connectivity index (χ1v) is 21.9. The summed E-state index contributed by atoms with van der Waals surface area (Å²) >= 11 is 0. The number of phosphoric acid groups is 1. The van der Waals surface area contributed by atoms with E-state index in [2.05, 4.69) is 62.5 Å². The molecule has 0 bridgehead atoms. The highest BCUT2D eigenvalue weighted by molar-refractivity contribution is 7.47. The number of carbonyl (C=O) groups is 1. The molecule has 0 radical (unpaired) electrons. The van der Waals surface area contributed by atoms with Gasteiger partial charge in [0.15, 0.2) is 0 Å². The average Bonchev–Trinajstić information content (AvgIpc) is 3.08. The molecule has 0 rings (SSSR count). The molecule has 8 nitrogen and oxygen atoms in total. The fraction of sp³-hybridized carbons (Fsp3) is 0.786. The maximum absolute atomic E-state index is 12.6. The Kier molecular flexibility index (Phi) is 34.4. The van der Waals surface area contributed by atoms with Gasteiger partial charge in [0.2, 0.25) is 0 Å². The fourth-order valence-corrected chi connectivity index (χ4v) is 5.99. The molecular formula is C42H79NO7P+. The van der Waals surface area contributed by atoms with Crippen molar-refractivity contribution in [3.63, 3.8) is 0 Å². The zero-order chi connectivity index (χ0) is 37.7. The third-order valence-electron chi connectivity index (χ3n) is 8.40. The van der Waals surface area contributed by atoms with E-state index in [9.17, 15) is 14.3 Å². The van der Waals surface area contributed by atoms with Gasteiger partial charge in [0.25, 0.3) is 0 Å². The maximum atomic E-state index is 12.6. The number of unbranched alkanes of at least 4 members (excludes halogenated alkanes) is 15. The molecule has 0 spiro atoms. The van der Waals surface area contributed by atoms with Crippen molar-refractivity contribution >= 4 is 13.8 Å². The van der Waals surface area contributed by atoms with Gasteiger partial charge in [-0.05, 0) is 51.4 Å². The zero-order valence-corrected chi connectivity index (χ0v) is 34.5. The Labute approximate surface area is 314 Å². The first-order valence-electron chi connectivity index (χ1n) is 20.4. The summed E-state index contributed by atoms with van der Waals surface area (Å²) in [7, 11) is 1.64. The molecule has 0 fully saturated rings. The first kappa shape index (κ1) is 49.5. The molecule has 0 saturated heterocycles. The minimum Gasteiger partial charge on any atom is -0.457 e. The molecule has 0 aromatic rings. The van der Waals surface area contributed by atoms with Crippen molar-refractivity contribution in [3.8, 4) is 0 Å². The number of rotatable bonds is 37. The van der Waals surface area contributed by atoms with Crippen molar-refractivity contribution < 1.29 is 37.3 Å². The summed E-state index contributed by atoms with van der Waals surface area (Å²) in [6.45, 7) is 5.45. The fourth-order valence-electron chi connectivity index (χ4n) is 5.25. The lowest BCUT2D eigenvalue weighted by Gasteiger charge is -2.24. The average molecular weight is 741 g/mol. The predicted octanol–water partition coefficient (Wildman–Crippen LogP) is 11.6. The quantitative estimate of drug-likeness (QED) is 0.0223. The van der Waals surface area contributed by atoms with E-state index >= 15 is 0 Å². The molecule has 2 unspecified atom stereocenters. The van der Waals surface area contributed by atoms with Crippen LogP contribution in [0.25, 0.3) is 0 Å². The molecule has 1 N–H and O–H groups in total. The molecule has 0 aliphatic carbocycles. The lowest BCUT2D eigenvalue weighted by molar-refractivity contribution is -0.870. The van der Waals surface area contributed by atoms with E-state index in [1.165, 1.54) is 77.0 Å². The van der Waals surface area contributed by atoms with Crippen LogP contribution >= 0.6 is 7.82 Å². The number of carbonyl (C=O) groups excluding carboxylic acids is 1. The zero-order valence-electron chi connectivity index (χ0n) is 33.6. The largest absolute Gasteiger partial charge is 0.472 e. The second-order valence-electron chi connectivity index (χ2n) is 14.6. The Morgan fingerprint density at radius 2 is 1.14 bits per heavy atom. The molecule has 0 aliphatic rings. The Morgan fingerprint density at radius 3 is 1.67 bits per heavy atom. The SMILES string of the molecule is CC/C=C\C/C=C\C/C=C\C/C=C\CCCCC(=O)OC(COCCCCCCCCCCCCCCCC)COP(=O)(O)OCC[N+](C)(C)C. The summed E-state index contributed by atoms with van der Waals surface area (Å²) in [5, 5.41) is 0. The Balaban J connectivity index is 4.35. The summed E-state index contributed by atoms with van der Waals surface area (Å²) in [5.74, 6) is -0.354. The normalized spacial score (nSPS) is 14.4. The third kappa shape index (κ3) is 39.5. The van der Waals surface area contributed by atoms with Crippen LogP contribution < -0.4 is 0 Å². The molecule has 0 aromatic carbocycles. The summed E-state index contributed by atoms with van der Waals surface area (Å²) in [5.41, 5.74) is 0. The van der Waals surface area contributed by atoms with E-state index in [1.54, 1.807) is 0 Å². The van der Waals surface area contributed by atoms with Crippen LogP contribution in [-0.4, -0.2) is 75.6 Å². The van der Waals surface area contributed by atoms with Crippen molar-refractivity contribution in [2.24, 2.45) is 0 Å². The van der Waals surface area contributed by atoms with Crippen molar-refractivity contribution in [3.05, 3.63) is 48.6 Å². The smallest absolute Gasteiger partial charge is 0.457 e. The molecule has 51 heavy (non-hydrogen) atoms. The molecule has 2 atom stereocenters. The molecule has 9 heteroatoms. The first-order chi connectivity index (χ1) is 24.6. The summed E-state index contributed by atoms with van der Waals surface area (Å²) < 4.78 is 34.9. The highest BCUT2D eigenvalue weighted by Gasteiger charge is 2.26. The van der Waals surface area contributed by atoms with Crippen molar-refractivity contribution in [1.29, 1.82) is 0 Å². The van der Waals surface area contributed by atoms with Crippen LogP contribution in [-0.2, 0) is 27.9 Å². The Bertz CT molecular complexity index is 957. The molecule has 0 saturated carbocycles. The monoisotopic (exact) mass is 741 g/mol. The molecular weight excluding hydrogens is 661 g/mol. The number of allylic oxidation sites excluding steroid dienone is 8. The molecule has 0 amide bonds. The summed E-state index contributed by atoms with van der Waals surface area (Å²) in [4.78, 5) is 22.8. The molecule has 0 aliphatic heterocycles. The second kappa shape index (κ2) is 35.5. The number of hydrogen-bond donors (Lipinski definition) is 1. The molecule has 0 aromatic heterocycles. The summed E-state index contributed by atoms with van der Waals surface area (Å²) in [6, 6.07) is 0. The second-order valence-corrected chi connectivity index (χ2v) is 16.1. The number of nitrogens with zero attached hydrogens (tertiary/aromatic N) is 1. The van der Waals surface area contributed by atoms with Crippen molar-refractivity contribution in [2.45, 2.75) is 161 Å². The Hall–Kier alpha value is -1.54. The van der Waals surface area contributed by atoms with Crippen LogP contribution in [0.3, 0.4) is 0 Å². The molecule has 298 valence electrons. The van der Waals surface area contributed by atoms with Gasteiger partial charge in [-0.2, -0.15) is 0 Å². The number of hydrogen-bond acceptors (Lipinski definition) is 6. The number of esters is 1. The van der Waals surface area contributed by atoms with E-state index in [1.807, 2.05) is 21.1 Å². The van der Waals surface area contributed by atoms with Gasteiger partial charge >= 0.3 is 13.8 Å². The van der Waals surface area contributed by atoms with Gasteiger partial charge in [0, 0.05) is 13.0 Å². The van der Waals surface area contributed by atoms with E-state index in [-0.39, 0.29) is 32.2 Å². The van der Waals surface area contributed by atoms with Gasteiger partial charge in [-0.15, -0.1) is 0 Å². The number of likely N-dealkylation sites (N-methyl/N-ethyl adjacent to an activating group) is 1. The van der Waals surface area contributed by atoms with E-state index in [4.69, 9.17) is 18.5 Å². The van der Waals surface area contributed by atoms with Crippen LogP contribution in [0.1, 0.15) is 155 Å². The van der Waals surface area contributed by atoms with Gasteiger partial charge in [0.1, 0.15) is 19.3 Å². The number of ether oxygens (including phenoxy) is 2. The van der Waals surface area contributed by atoms with Gasteiger partial charge in [-0.25, -0.2) is 4.57 Å². The topological polar surface area (TPSA) is 91.3 Å². The summed E-state index contributed by atoms with van der Waals surface area (Å²) in [6.07, 6.45) is 41.4. The predicted molar refractivity (Wildman–Crippen MR) is 215 cm³/mol. The Morgan fingerprint density at radius 1 is 0.627 bits per heavy atom. The van der Waals surface area contributed by atoms with Crippen molar-refractivity contribution in [1.82, 2.24) is 0 Å². The minimum absolute atomic E-state index is 0.0800. The van der Waals surface area contributed by atoms with Gasteiger partial charge < -0.3 is 18.9 Å². The highest BCUT2D eigenvalue weighted by Crippen LogP contribution is 2.43. The van der Waals surface area contributed by atoms with Crippen LogP contribution in [0.15, 0.2) is 48.6 Å². The van der Waals surface area contributed by atoms with Gasteiger partial charge in [-0.3, -0.25) is 13.8 Å². The van der Waals surface area contributed by atoms with E-state index in [0.29, 0.717) is 24.1 Å². The van der Waals surface area contributed by atoms with Crippen LogP contribution in [0.2, 0.25) is 0 Å². The van der Waals surface area contributed by atoms with E-state index < -0.39 is 13.9 Å². The van der Waals surface area contributed by atoms with Crippen LogP contribution in [0.4, 0.5) is 0 Å². The number of quaternary nitrogens is 1. The highest BCUT2D eigenvalue weighted by atomic mass is 31.2. The van der Waals surface area contributed by atoms with Crippen LogP contribution in [0, 0.1) is 0 Å². The minimum atomic E-state index is -4.28. The lowest BCUT2D eigenvalue weighted by Crippen LogP contribution is -2.37. The third-order valence-corrected chi connectivity index (χ3v) is 9.39. The van der Waals surface area contributed by atoms with Crippen molar-refractivity contribution in [2.75, 3.05) is 54.1 Å². The van der Waals surface area contributed by atoms with Gasteiger partial charge in [-0.1, -0.05) is 146 Å². The van der Waals surface area contributed by atoms with Gasteiger partial charge in [0.05, 0.1) is 34.4 Å².